The van der Waals surface area contributed by atoms with Gasteiger partial charge < -0.3 is 9.47 Å². The molecule has 2 fully saturated rings. The number of nitrogens with zero attached hydrogens (tertiary/aromatic N) is 6. The molecule has 1 spiro atoms. The zero-order valence-electron chi connectivity index (χ0n) is 9.40. The van der Waals surface area contributed by atoms with Gasteiger partial charge in [0.1, 0.15) is 0 Å². The van der Waals surface area contributed by atoms with Gasteiger partial charge in [0.25, 0.3) is 0 Å². The van der Waals surface area contributed by atoms with E-state index in [-0.39, 0.29) is 25.3 Å². The molecule has 1 saturated carbocycles. The van der Waals surface area contributed by atoms with Gasteiger partial charge >= 0.3 is 0 Å². The fourth-order valence-corrected chi connectivity index (χ4v) is 2.42. The van der Waals surface area contributed by atoms with Gasteiger partial charge in [0, 0.05) is 22.7 Å². The van der Waals surface area contributed by atoms with E-state index in [9.17, 15) is 0 Å². The number of azide groups is 2. The van der Waals surface area contributed by atoms with Gasteiger partial charge in [0.05, 0.1) is 25.3 Å². The van der Waals surface area contributed by atoms with E-state index in [2.05, 4.69) is 20.1 Å². The maximum Gasteiger partial charge on any atom is 0.169 e. The van der Waals surface area contributed by atoms with Gasteiger partial charge in [0.2, 0.25) is 0 Å². The monoisotopic (exact) mass is 238 g/mol. The van der Waals surface area contributed by atoms with Crippen molar-refractivity contribution in [2.24, 2.45) is 10.2 Å². The van der Waals surface area contributed by atoms with E-state index in [1.165, 1.54) is 0 Å². The molecule has 2 rings (SSSR count). The van der Waals surface area contributed by atoms with E-state index in [0.29, 0.717) is 0 Å². The molecule has 0 aromatic heterocycles. The Bertz CT molecular complexity index is 338. The lowest BCUT2D eigenvalue weighted by Crippen LogP contribution is -2.27. The van der Waals surface area contributed by atoms with Crippen LogP contribution in [0.15, 0.2) is 10.2 Å². The summed E-state index contributed by atoms with van der Waals surface area (Å²) in [4.78, 5) is 5.43. The smallest absolute Gasteiger partial charge is 0.169 e. The second-order valence-corrected chi connectivity index (χ2v) is 4.26. The molecule has 92 valence electrons. The van der Waals surface area contributed by atoms with Crippen molar-refractivity contribution in [3.8, 4) is 0 Å². The molecule has 1 saturated heterocycles. The van der Waals surface area contributed by atoms with Crippen LogP contribution in [0.25, 0.3) is 20.9 Å². The predicted molar refractivity (Wildman–Crippen MR) is 59.0 cm³/mol. The molecule has 0 amide bonds. The molecule has 2 atom stereocenters. The maximum absolute atomic E-state index is 8.33. The standard InChI is InChI=1S/C9H14N6O2/c10-14-12-5-7-8(6-13-15-11)17-9(16-7)3-1-2-4-9/h7-8H,1-6H2/t7-,8-/m1/s1. The topological polar surface area (TPSA) is 116 Å². The van der Waals surface area contributed by atoms with Crippen molar-refractivity contribution in [1.29, 1.82) is 0 Å². The Balaban J connectivity index is 2.05. The minimum atomic E-state index is -0.536. The van der Waals surface area contributed by atoms with Crippen LogP contribution >= 0.6 is 0 Å². The predicted octanol–water partition coefficient (Wildman–Crippen LogP) is 2.66. The van der Waals surface area contributed by atoms with Gasteiger partial charge in [-0.25, -0.2) is 0 Å². The van der Waals surface area contributed by atoms with Crippen LogP contribution in [0.5, 0.6) is 0 Å². The van der Waals surface area contributed by atoms with Gasteiger partial charge in [0.15, 0.2) is 5.79 Å². The second-order valence-electron chi connectivity index (χ2n) is 4.26. The SMILES string of the molecule is [N-]=[N+]=NC[C@H]1OC2(CCCC2)O[C@@H]1CN=[N+]=[N-]. The molecular formula is C9H14N6O2. The van der Waals surface area contributed by atoms with E-state index >= 15 is 0 Å². The van der Waals surface area contributed by atoms with Crippen molar-refractivity contribution in [3.63, 3.8) is 0 Å². The van der Waals surface area contributed by atoms with Crippen molar-refractivity contribution < 1.29 is 9.47 Å². The van der Waals surface area contributed by atoms with E-state index in [0.717, 1.165) is 25.7 Å². The van der Waals surface area contributed by atoms with Crippen LogP contribution in [0.2, 0.25) is 0 Å². The Kier molecular flexibility index (Phi) is 3.71. The maximum atomic E-state index is 8.33. The number of hydrogen-bond acceptors (Lipinski definition) is 4. The summed E-state index contributed by atoms with van der Waals surface area (Å²) in [5.74, 6) is -0.536. The first-order chi connectivity index (χ1) is 8.29. The molecule has 0 aromatic rings. The van der Waals surface area contributed by atoms with Crippen LogP contribution in [-0.4, -0.2) is 31.1 Å². The van der Waals surface area contributed by atoms with Crippen LogP contribution in [0, 0.1) is 0 Å². The van der Waals surface area contributed by atoms with Crippen LogP contribution in [0.3, 0.4) is 0 Å². The molecule has 0 unspecified atom stereocenters. The first-order valence-electron chi connectivity index (χ1n) is 5.67. The number of ether oxygens (including phenoxy) is 2. The molecule has 17 heavy (non-hydrogen) atoms. The van der Waals surface area contributed by atoms with Gasteiger partial charge in [-0.1, -0.05) is 10.2 Å². The third-order valence-electron chi connectivity index (χ3n) is 3.16. The normalized spacial score (nSPS) is 29.9. The molecule has 2 aliphatic rings. The molecule has 8 nitrogen and oxygen atoms in total. The largest absolute Gasteiger partial charge is 0.344 e. The molecule has 1 aliphatic heterocycles. The van der Waals surface area contributed by atoms with E-state index in [1.807, 2.05) is 0 Å². The highest BCUT2D eigenvalue weighted by atomic mass is 16.8. The van der Waals surface area contributed by atoms with Crippen molar-refractivity contribution in [2.75, 3.05) is 13.1 Å². The molecule has 0 radical (unpaired) electrons. The van der Waals surface area contributed by atoms with Gasteiger partial charge in [-0.05, 0) is 23.9 Å². The lowest BCUT2D eigenvalue weighted by molar-refractivity contribution is -0.167. The van der Waals surface area contributed by atoms with E-state index in [4.69, 9.17) is 20.5 Å². The third-order valence-corrected chi connectivity index (χ3v) is 3.16. The highest BCUT2D eigenvalue weighted by Crippen LogP contribution is 2.42. The van der Waals surface area contributed by atoms with Crippen molar-refractivity contribution in [1.82, 2.24) is 0 Å². The minimum Gasteiger partial charge on any atom is -0.344 e. The van der Waals surface area contributed by atoms with Crippen LogP contribution < -0.4 is 0 Å². The van der Waals surface area contributed by atoms with Crippen LogP contribution in [0.1, 0.15) is 25.7 Å². The Morgan fingerprint density at radius 2 is 1.47 bits per heavy atom. The Labute approximate surface area is 98.1 Å². The summed E-state index contributed by atoms with van der Waals surface area (Å²) in [7, 11) is 0. The highest BCUT2D eigenvalue weighted by molar-refractivity contribution is 4.91. The fraction of sp³-hybridized carbons (Fsp3) is 1.00. The van der Waals surface area contributed by atoms with Gasteiger partial charge in [-0.3, -0.25) is 0 Å². The number of hydrogen-bond donors (Lipinski definition) is 0. The Hall–Kier alpha value is -1.46. The molecular weight excluding hydrogens is 224 g/mol. The highest BCUT2D eigenvalue weighted by Gasteiger charge is 2.48. The van der Waals surface area contributed by atoms with Gasteiger partial charge in [-0.2, -0.15) is 0 Å². The summed E-state index contributed by atoms with van der Waals surface area (Å²) in [6.07, 6.45) is 3.23. The summed E-state index contributed by atoms with van der Waals surface area (Å²) in [6.45, 7) is 0.424. The zero-order chi connectivity index (χ0) is 12.1. The molecule has 0 bridgehead atoms. The third kappa shape index (κ3) is 2.62. The summed E-state index contributed by atoms with van der Waals surface area (Å²) in [5, 5.41) is 7.01. The molecule has 0 aromatic carbocycles. The summed E-state index contributed by atoms with van der Waals surface area (Å²) < 4.78 is 11.7. The lowest BCUT2D eigenvalue weighted by atomic mass is 10.2. The van der Waals surface area contributed by atoms with Crippen LogP contribution in [0.4, 0.5) is 0 Å². The van der Waals surface area contributed by atoms with Crippen molar-refractivity contribution in [2.45, 2.75) is 43.7 Å². The van der Waals surface area contributed by atoms with Crippen LogP contribution in [-0.2, 0) is 9.47 Å². The fourth-order valence-electron chi connectivity index (χ4n) is 2.42. The Morgan fingerprint density at radius 1 is 1.00 bits per heavy atom. The second kappa shape index (κ2) is 5.25. The van der Waals surface area contributed by atoms with Gasteiger partial charge in [-0.15, -0.1) is 0 Å². The molecule has 0 N–H and O–H groups in total. The van der Waals surface area contributed by atoms with E-state index < -0.39 is 5.79 Å². The summed E-state index contributed by atoms with van der Waals surface area (Å²) in [6, 6.07) is 0. The summed E-state index contributed by atoms with van der Waals surface area (Å²) in [5.41, 5.74) is 16.7. The molecule has 1 aliphatic carbocycles. The lowest BCUT2D eigenvalue weighted by Gasteiger charge is -2.21. The van der Waals surface area contributed by atoms with E-state index in [1.54, 1.807) is 0 Å². The van der Waals surface area contributed by atoms with Crippen molar-refractivity contribution in [3.05, 3.63) is 20.9 Å². The Morgan fingerprint density at radius 3 is 1.88 bits per heavy atom. The molecule has 8 heteroatoms. The molecule has 1 heterocycles. The average Bonchev–Trinajstić information content (AvgIpc) is 2.92. The quantitative estimate of drug-likeness (QED) is 0.425. The average molecular weight is 238 g/mol. The minimum absolute atomic E-state index is 0.212. The summed E-state index contributed by atoms with van der Waals surface area (Å²) >= 11 is 0. The zero-order valence-corrected chi connectivity index (χ0v) is 9.40. The van der Waals surface area contributed by atoms with Crippen molar-refractivity contribution >= 4 is 0 Å². The first-order valence-corrected chi connectivity index (χ1v) is 5.67. The number of rotatable bonds is 4. The first kappa shape index (κ1) is 12.0.